The Morgan fingerprint density at radius 2 is 1.70 bits per heavy atom. The number of carboxylic acid groups (broad SMARTS) is 1. The van der Waals surface area contributed by atoms with Crippen molar-refractivity contribution in [3.63, 3.8) is 0 Å². The lowest BCUT2D eigenvalue weighted by Gasteiger charge is -2.32. The average Bonchev–Trinajstić information content (AvgIpc) is 3.20. The maximum absolute atomic E-state index is 13.9. The van der Waals surface area contributed by atoms with Crippen LogP contribution < -0.4 is 11.1 Å². The number of carboxylic acids is 1. The maximum atomic E-state index is 13.9. The number of amides is 3. The van der Waals surface area contributed by atoms with E-state index < -0.39 is 53.9 Å². The van der Waals surface area contributed by atoms with Crippen molar-refractivity contribution in [3.05, 3.63) is 65.2 Å². The van der Waals surface area contributed by atoms with Crippen LogP contribution in [0.4, 0.5) is 10.5 Å². The molecule has 3 atom stereocenters. The lowest BCUT2D eigenvalue weighted by Crippen LogP contribution is -2.45. The van der Waals surface area contributed by atoms with Crippen molar-refractivity contribution >= 4 is 35.3 Å². The molecule has 1 heterocycles. The summed E-state index contributed by atoms with van der Waals surface area (Å²) in [4.78, 5) is 64.7. The molecule has 10 nitrogen and oxygen atoms in total. The molecule has 3 unspecified atom stereocenters. The molecular weight excluding hydrogens is 478 g/mol. The zero-order valence-corrected chi connectivity index (χ0v) is 21.2. The molecule has 0 bridgehead atoms. The Morgan fingerprint density at radius 3 is 2.24 bits per heavy atom. The number of nitrogens with zero attached hydrogens (tertiary/aromatic N) is 1. The van der Waals surface area contributed by atoms with E-state index >= 15 is 0 Å². The summed E-state index contributed by atoms with van der Waals surface area (Å²) in [6.45, 7) is 6.52. The van der Waals surface area contributed by atoms with E-state index in [1.54, 1.807) is 51.1 Å². The summed E-state index contributed by atoms with van der Waals surface area (Å²) in [7, 11) is 0. The average molecular weight is 510 g/mol. The van der Waals surface area contributed by atoms with Gasteiger partial charge in [-0.2, -0.15) is 0 Å². The number of aromatic carboxylic acids is 1. The fraction of sp³-hybridized carbons (Fsp3) is 0.370. The van der Waals surface area contributed by atoms with Crippen molar-refractivity contribution in [2.45, 2.75) is 58.2 Å². The lowest BCUT2D eigenvalue weighted by atomic mass is 9.90. The summed E-state index contributed by atoms with van der Waals surface area (Å²) in [6.07, 6.45) is -0.409. The van der Waals surface area contributed by atoms with Gasteiger partial charge in [0.1, 0.15) is 17.4 Å². The number of carbonyl (C=O) groups excluding carboxylic acids is 4. The molecule has 0 aliphatic carbocycles. The summed E-state index contributed by atoms with van der Waals surface area (Å²) >= 11 is 0. The van der Waals surface area contributed by atoms with Gasteiger partial charge < -0.3 is 25.8 Å². The van der Waals surface area contributed by atoms with Crippen molar-refractivity contribution in [1.82, 2.24) is 4.90 Å². The molecule has 1 fully saturated rings. The van der Waals surface area contributed by atoms with Crippen LogP contribution in [0, 0.1) is 5.92 Å². The number of Topliss-reactive ketones (excluding diaryl/α,β-unsaturated/α-hetero) is 1. The monoisotopic (exact) mass is 509 g/mol. The third kappa shape index (κ3) is 6.32. The molecule has 1 aliphatic rings. The van der Waals surface area contributed by atoms with Gasteiger partial charge in [0.15, 0.2) is 0 Å². The summed E-state index contributed by atoms with van der Waals surface area (Å²) in [5.74, 6) is -3.44. The van der Waals surface area contributed by atoms with Crippen LogP contribution in [0.5, 0.6) is 0 Å². The van der Waals surface area contributed by atoms with Gasteiger partial charge in [0.2, 0.25) is 5.91 Å². The Bertz CT molecular complexity index is 1220. The minimum absolute atomic E-state index is 0.0276. The van der Waals surface area contributed by atoms with Crippen molar-refractivity contribution in [2.24, 2.45) is 11.7 Å². The summed E-state index contributed by atoms with van der Waals surface area (Å²) in [6, 6.07) is 10.3. The largest absolute Gasteiger partial charge is 0.478 e. The van der Waals surface area contributed by atoms with Gasteiger partial charge in [-0.15, -0.1) is 0 Å². The SMILES string of the molecule is CC(=O)C1CC(C(=O)OC(C)(C)C)N(C(=O)Cc2c(NC(N)=O)cccc2C(=O)O)C1c1ccccc1. The Kier molecular flexibility index (Phi) is 8.00. The highest BCUT2D eigenvalue weighted by Crippen LogP contribution is 2.43. The third-order valence-corrected chi connectivity index (χ3v) is 6.12. The first-order valence-electron chi connectivity index (χ1n) is 11.8. The molecule has 2 aromatic rings. The van der Waals surface area contributed by atoms with E-state index in [2.05, 4.69) is 5.32 Å². The molecule has 1 aliphatic heterocycles. The van der Waals surface area contributed by atoms with Crippen LogP contribution in [0.15, 0.2) is 48.5 Å². The van der Waals surface area contributed by atoms with Crippen LogP contribution in [0.25, 0.3) is 0 Å². The van der Waals surface area contributed by atoms with Crippen LogP contribution in [0.2, 0.25) is 0 Å². The first-order chi connectivity index (χ1) is 17.3. The van der Waals surface area contributed by atoms with E-state index in [1.807, 2.05) is 0 Å². The second kappa shape index (κ2) is 10.8. The highest BCUT2D eigenvalue weighted by molar-refractivity contribution is 5.98. The molecule has 4 N–H and O–H groups in total. The van der Waals surface area contributed by atoms with Gasteiger partial charge in [0, 0.05) is 11.6 Å². The van der Waals surface area contributed by atoms with Crippen molar-refractivity contribution in [1.29, 1.82) is 0 Å². The number of nitrogens with one attached hydrogen (secondary N) is 1. The van der Waals surface area contributed by atoms with Crippen LogP contribution >= 0.6 is 0 Å². The number of primary amides is 1. The second-order valence-corrected chi connectivity index (χ2v) is 9.96. The number of likely N-dealkylation sites (tertiary alicyclic amines) is 1. The molecule has 0 saturated carbocycles. The number of urea groups is 1. The van der Waals surface area contributed by atoms with Crippen LogP contribution in [-0.4, -0.2) is 51.3 Å². The van der Waals surface area contributed by atoms with Crippen molar-refractivity contribution in [2.75, 3.05) is 5.32 Å². The minimum atomic E-state index is -1.30. The number of benzene rings is 2. The first kappa shape index (κ1) is 27.4. The number of carbonyl (C=O) groups is 5. The van der Waals surface area contributed by atoms with Crippen LogP contribution in [0.3, 0.4) is 0 Å². The number of ketones is 1. The second-order valence-electron chi connectivity index (χ2n) is 9.96. The molecular formula is C27H31N3O7. The smallest absolute Gasteiger partial charge is 0.336 e. The molecule has 3 rings (SSSR count). The Morgan fingerprint density at radius 1 is 1.05 bits per heavy atom. The molecule has 3 amide bonds. The molecule has 10 heteroatoms. The quantitative estimate of drug-likeness (QED) is 0.483. The zero-order chi connectivity index (χ0) is 27.5. The van der Waals surface area contributed by atoms with Gasteiger partial charge in [-0.05, 0) is 57.4 Å². The number of esters is 1. The van der Waals surface area contributed by atoms with E-state index in [0.29, 0.717) is 5.56 Å². The van der Waals surface area contributed by atoms with Gasteiger partial charge in [-0.25, -0.2) is 14.4 Å². The Labute approximate surface area is 214 Å². The van der Waals surface area contributed by atoms with Gasteiger partial charge in [-0.3, -0.25) is 9.59 Å². The number of rotatable bonds is 7. The third-order valence-electron chi connectivity index (χ3n) is 6.12. The molecule has 1 saturated heterocycles. The maximum Gasteiger partial charge on any atom is 0.336 e. The van der Waals surface area contributed by atoms with Gasteiger partial charge >= 0.3 is 18.0 Å². The van der Waals surface area contributed by atoms with Crippen molar-refractivity contribution in [3.8, 4) is 0 Å². The molecule has 196 valence electrons. The molecule has 37 heavy (non-hydrogen) atoms. The predicted molar refractivity (Wildman–Crippen MR) is 135 cm³/mol. The highest BCUT2D eigenvalue weighted by Gasteiger charge is 2.50. The zero-order valence-electron chi connectivity index (χ0n) is 21.2. The molecule has 0 aromatic heterocycles. The summed E-state index contributed by atoms with van der Waals surface area (Å²) in [5, 5.41) is 12.1. The molecule has 0 spiro atoms. The normalized spacial score (nSPS) is 19.2. The van der Waals surface area contributed by atoms with Gasteiger partial charge in [0.25, 0.3) is 0 Å². The molecule has 2 aromatic carbocycles. The standard InChI is InChI=1S/C27H31N3O7/c1-15(31)18-13-21(25(35)37-27(2,3)4)30(23(18)16-9-6-5-7-10-16)22(32)14-19-17(24(33)34)11-8-12-20(19)29-26(28)36/h5-12,18,21,23H,13-14H2,1-4H3,(H,33,34)(H3,28,29,36). The van der Waals surface area contributed by atoms with Crippen molar-refractivity contribution < 1.29 is 33.8 Å². The fourth-order valence-corrected chi connectivity index (χ4v) is 4.68. The Balaban J connectivity index is 2.12. The van der Waals surface area contributed by atoms with E-state index in [0.717, 1.165) is 0 Å². The first-order valence-corrected chi connectivity index (χ1v) is 11.8. The van der Waals surface area contributed by atoms with Gasteiger partial charge in [0.05, 0.1) is 18.0 Å². The van der Waals surface area contributed by atoms with E-state index in [4.69, 9.17) is 10.5 Å². The minimum Gasteiger partial charge on any atom is -0.478 e. The highest BCUT2D eigenvalue weighted by atomic mass is 16.6. The number of hydrogen-bond acceptors (Lipinski definition) is 6. The Hall–Kier alpha value is -4.21. The van der Waals surface area contributed by atoms with E-state index in [9.17, 15) is 29.1 Å². The predicted octanol–water partition coefficient (Wildman–Crippen LogP) is 3.31. The lowest BCUT2D eigenvalue weighted by molar-refractivity contribution is -0.164. The van der Waals surface area contributed by atoms with Crippen LogP contribution in [-0.2, 0) is 25.5 Å². The van der Waals surface area contributed by atoms with Crippen LogP contribution in [0.1, 0.15) is 61.6 Å². The number of anilines is 1. The number of ether oxygens (including phenoxy) is 1. The topological polar surface area (TPSA) is 156 Å². The van der Waals surface area contributed by atoms with E-state index in [-0.39, 0.29) is 29.0 Å². The van der Waals surface area contributed by atoms with E-state index in [1.165, 1.54) is 30.0 Å². The number of nitrogens with two attached hydrogens (primary N) is 1. The summed E-state index contributed by atoms with van der Waals surface area (Å²) < 4.78 is 5.59. The number of hydrogen-bond donors (Lipinski definition) is 3. The summed E-state index contributed by atoms with van der Waals surface area (Å²) in [5.41, 5.74) is 4.96. The fourth-order valence-electron chi connectivity index (χ4n) is 4.68. The van der Waals surface area contributed by atoms with Gasteiger partial charge in [-0.1, -0.05) is 36.4 Å². The molecule has 0 radical (unpaired) electrons.